The number of hydrogen-bond donors (Lipinski definition) is 0. The first-order valence-corrected chi connectivity index (χ1v) is 6.71. The van der Waals surface area contributed by atoms with Gasteiger partial charge < -0.3 is 4.74 Å². The van der Waals surface area contributed by atoms with Crippen molar-refractivity contribution in [3.05, 3.63) is 12.2 Å². The van der Waals surface area contributed by atoms with Crippen LogP contribution in [0.2, 0.25) is 0 Å². The van der Waals surface area contributed by atoms with Gasteiger partial charge in [0.1, 0.15) is 12.2 Å². The van der Waals surface area contributed by atoms with Gasteiger partial charge in [0.25, 0.3) is 0 Å². The summed E-state index contributed by atoms with van der Waals surface area (Å²) >= 11 is 3.53. The lowest BCUT2D eigenvalue weighted by molar-refractivity contribution is -0.00380. The zero-order valence-electron chi connectivity index (χ0n) is 9.47. The van der Waals surface area contributed by atoms with Crippen LogP contribution in [0.3, 0.4) is 0 Å². The molecule has 1 saturated heterocycles. The standard InChI is InChI=1S/C10H17BrN4O/c1-2-15-10(12-8-13-15)6-14-3-4-16-7-9(14)5-11/h8-9H,2-7H2,1H3. The Hall–Kier alpha value is -0.460. The predicted molar refractivity (Wildman–Crippen MR) is 64.5 cm³/mol. The van der Waals surface area contributed by atoms with Crippen LogP contribution >= 0.6 is 15.9 Å². The molecular weight excluding hydrogens is 272 g/mol. The molecule has 6 heteroatoms. The molecule has 2 heterocycles. The van der Waals surface area contributed by atoms with Gasteiger partial charge in [-0.25, -0.2) is 9.67 Å². The van der Waals surface area contributed by atoms with Crippen molar-refractivity contribution in [1.29, 1.82) is 0 Å². The number of aromatic nitrogens is 3. The topological polar surface area (TPSA) is 43.2 Å². The Balaban J connectivity index is 2.02. The molecule has 0 radical (unpaired) electrons. The molecule has 1 aliphatic rings. The fraction of sp³-hybridized carbons (Fsp3) is 0.800. The second-order valence-corrected chi connectivity index (χ2v) is 4.49. The van der Waals surface area contributed by atoms with Gasteiger partial charge in [-0.3, -0.25) is 4.90 Å². The van der Waals surface area contributed by atoms with Crippen molar-refractivity contribution in [2.24, 2.45) is 0 Å². The Morgan fingerprint density at radius 1 is 1.62 bits per heavy atom. The second-order valence-electron chi connectivity index (χ2n) is 3.85. The number of aryl methyl sites for hydroxylation is 1. The Bertz CT molecular complexity index is 330. The molecule has 1 aromatic heterocycles. The van der Waals surface area contributed by atoms with E-state index in [1.807, 2.05) is 4.68 Å². The third-order valence-electron chi connectivity index (χ3n) is 2.87. The maximum Gasteiger partial charge on any atom is 0.141 e. The summed E-state index contributed by atoms with van der Waals surface area (Å²) in [7, 11) is 0. The highest BCUT2D eigenvalue weighted by atomic mass is 79.9. The first kappa shape index (κ1) is 12.0. The molecule has 0 aromatic carbocycles. The molecule has 90 valence electrons. The molecule has 0 aliphatic carbocycles. The highest BCUT2D eigenvalue weighted by Gasteiger charge is 2.23. The van der Waals surface area contributed by atoms with Crippen LogP contribution in [0.25, 0.3) is 0 Å². The number of ether oxygens (including phenoxy) is 1. The number of morpholine rings is 1. The molecule has 0 spiro atoms. The fourth-order valence-electron chi connectivity index (χ4n) is 1.90. The number of halogens is 1. The fourth-order valence-corrected chi connectivity index (χ4v) is 2.49. The van der Waals surface area contributed by atoms with E-state index in [1.165, 1.54) is 0 Å². The lowest BCUT2D eigenvalue weighted by Gasteiger charge is -2.34. The molecular formula is C10H17BrN4O. The quantitative estimate of drug-likeness (QED) is 0.772. The molecule has 1 atom stereocenters. The van der Waals surface area contributed by atoms with E-state index in [1.54, 1.807) is 6.33 Å². The van der Waals surface area contributed by atoms with Crippen LogP contribution in [0.5, 0.6) is 0 Å². The Morgan fingerprint density at radius 3 is 3.25 bits per heavy atom. The molecule has 0 N–H and O–H groups in total. The van der Waals surface area contributed by atoms with Crippen molar-refractivity contribution >= 4 is 15.9 Å². The third kappa shape index (κ3) is 2.61. The molecule has 16 heavy (non-hydrogen) atoms. The van der Waals surface area contributed by atoms with Gasteiger partial charge in [-0.15, -0.1) is 0 Å². The lowest BCUT2D eigenvalue weighted by Crippen LogP contribution is -2.46. The van der Waals surface area contributed by atoms with E-state index < -0.39 is 0 Å². The van der Waals surface area contributed by atoms with Crippen molar-refractivity contribution in [2.75, 3.05) is 25.1 Å². The summed E-state index contributed by atoms with van der Waals surface area (Å²) in [6, 6.07) is 0.441. The van der Waals surface area contributed by atoms with E-state index in [-0.39, 0.29) is 0 Å². The van der Waals surface area contributed by atoms with Crippen LogP contribution in [-0.4, -0.2) is 50.8 Å². The Kier molecular flexibility index (Phi) is 4.31. The van der Waals surface area contributed by atoms with Crippen LogP contribution in [0.15, 0.2) is 6.33 Å². The molecule has 0 saturated carbocycles. The van der Waals surface area contributed by atoms with Gasteiger partial charge in [0, 0.05) is 24.5 Å². The van der Waals surface area contributed by atoms with Crippen LogP contribution in [0.4, 0.5) is 0 Å². The van der Waals surface area contributed by atoms with Gasteiger partial charge in [0.2, 0.25) is 0 Å². The summed E-state index contributed by atoms with van der Waals surface area (Å²) in [4.78, 5) is 6.70. The van der Waals surface area contributed by atoms with Crippen molar-refractivity contribution in [3.8, 4) is 0 Å². The van der Waals surface area contributed by atoms with Gasteiger partial charge >= 0.3 is 0 Å². The largest absolute Gasteiger partial charge is 0.378 e. The van der Waals surface area contributed by atoms with Crippen molar-refractivity contribution in [1.82, 2.24) is 19.7 Å². The van der Waals surface area contributed by atoms with Crippen LogP contribution in [0, 0.1) is 0 Å². The average molecular weight is 289 g/mol. The van der Waals surface area contributed by atoms with Gasteiger partial charge in [-0.05, 0) is 6.92 Å². The zero-order valence-corrected chi connectivity index (χ0v) is 11.1. The summed E-state index contributed by atoms with van der Waals surface area (Å²) in [5, 5.41) is 5.12. The minimum absolute atomic E-state index is 0.441. The highest BCUT2D eigenvalue weighted by molar-refractivity contribution is 9.09. The summed E-state index contributed by atoms with van der Waals surface area (Å²) < 4.78 is 7.41. The maximum atomic E-state index is 5.46. The van der Waals surface area contributed by atoms with Crippen LogP contribution in [0.1, 0.15) is 12.7 Å². The Labute approximate surface area is 104 Å². The third-order valence-corrected chi connectivity index (χ3v) is 3.61. The van der Waals surface area contributed by atoms with Gasteiger partial charge in [0.05, 0.1) is 19.8 Å². The first-order chi connectivity index (χ1) is 7.85. The molecule has 1 aliphatic heterocycles. The van der Waals surface area contributed by atoms with E-state index >= 15 is 0 Å². The smallest absolute Gasteiger partial charge is 0.141 e. The number of hydrogen-bond acceptors (Lipinski definition) is 4. The SMILES string of the molecule is CCn1ncnc1CN1CCOCC1CBr. The summed E-state index contributed by atoms with van der Waals surface area (Å²) in [6.45, 7) is 6.38. The Morgan fingerprint density at radius 2 is 2.50 bits per heavy atom. The summed E-state index contributed by atoms with van der Waals surface area (Å²) in [6.07, 6.45) is 1.63. The van der Waals surface area contributed by atoms with E-state index in [0.717, 1.165) is 44.0 Å². The van der Waals surface area contributed by atoms with Gasteiger partial charge in [0.15, 0.2) is 0 Å². The van der Waals surface area contributed by atoms with Gasteiger partial charge in [-0.2, -0.15) is 5.10 Å². The zero-order chi connectivity index (χ0) is 11.4. The minimum atomic E-state index is 0.441. The average Bonchev–Trinajstić information content (AvgIpc) is 2.77. The van der Waals surface area contributed by atoms with Crippen molar-refractivity contribution in [3.63, 3.8) is 0 Å². The summed E-state index contributed by atoms with van der Waals surface area (Å²) in [5.74, 6) is 1.04. The second kappa shape index (κ2) is 5.75. The number of nitrogens with zero attached hydrogens (tertiary/aromatic N) is 4. The van der Waals surface area contributed by atoms with E-state index in [4.69, 9.17) is 4.74 Å². The van der Waals surface area contributed by atoms with Crippen molar-refractivity contribution < 1.29 is 4.74 Å². The first-order valence-electron chi connectivity index (χ1n) is 5.59. The molecule has 0 bridgehead atoms. The normalized spacial score (nSPS) is 22.5. The van der Waals surface area contributed by atoms with Crippen LogP contribution in [-0.2, 0) is 17.8 Å². The van der Waals surface area contributed by atoms with E-state index in [0.29, 0.717) is 6.04 Å². The molecule has 5 nitrogen and oxygen atoms in total. The number of alkyl halides is 1. The highest BCUT2D eigenvalue weighted by Crippen LogP contribution is 2.12. The maximum absolute atomic E-state index is 5.46. The lowest BCUT2D eigenvalue weighted by atomic mass is 10.2. The van der Waals surface area contributed by atoms with Crippen LogP contribution < -0.4 is 0 Å². The molecule has 1 aromatic rings. The van der Waals surface area contributed by atoms with E-state index in [2.05, 4.69) is 37.8 Å². The monoisotopic (exact) mass is 288 g/mol. The van der Waals surface area contributed by atoms with Gasteiger partial charge in [-0.1, -0.05) is 15.9 Å². The molecule has 1 fully saturated rings. The molecule has 2 rings (SSSR count). The predicted octanol–water partition coefficient (Wildman–Crippen LogP) is 0.894. The summed E-state index contributed by atoms with van der Waals surface area (Å²) in [5.41, 5.74) is 0. The van der Waals surface area contributed by atoms with Crippen molar-refractivity contribution in [2.45, 2.75) is 26.1 Å². The van der Waals surface area contributed by atoms with E-state index in [9.17, 15) is 0 Å². The molecule has 1 unspecified atom stereocenters. The minimum Gasteiger partial charge on any atom is -0.378 e. The number of rotatable bonds is 4. The molecule has 0 amide bonds.